The number of piperazine rings is 1. The third-order valence-electron chi connectivity index (χ3n) is 8.49. The molecule has 0 aromatic heterocycles. The summed E-state index contributed by atoms with van der Waals surface area (Å²) in [6.45, 7) is 1.94. The van der Waals surface area contributed by atoms with Crippen LogP contribution in [-0.4, -0.2) is 73.2 Å². The Morgan fingerprint density at radius 1 is 0.745 bits per heavy atom. The molecule has 4 aromatic carbocycles. The zero-order chi connectivity index (χ0) is 32.3. The number of fused-ring (bicyclic) bond motifs is 1. The van der Waals surface area contributed by atoms with Gasteiger partial charge in [-0.3, -0.25) is 14.4 Å². The lowest BCUT2D eigenvalue weighted by Crippen LogP contribution is -2.46. The predicted octanol–water partition coefficient (Wildman–Crippen LogP) is 6.87. The van der Waals surface area contributed by atoms with Crippen LogP contribution >= 0.6 is 12.4 Å². The molecule has 2 aliphatic heterocycles. The van der Waals surface area contributed by atoms with Crippen LogP contribution in [0.25, 0.3) is 16.7 Å². The van der Waals surface area contributed by atoms with Gasteiger partial charge in [-0.1, -0.05) is 72.8 Å². The molecule has 0 bridgehead atoms. The average molecular weight is 657 g/mol. The predicted molar refractivity (Wildman–Crippen MR) is 183 cm³/mol. The average Bonchev–Trinajstić information content (AvgIpc) is 3.18. The smallest absolute Gasteiger partial charge is 0.275 e. The summed E-state index contributed by atoms with van der Waals surface area (Å²) in [5.74, 6) is -4.77. The van der Waals surface area contributed by atoms with Gasteiger partial charge in [-0.2, -0.15) is 0 Å². The molecule has 1 fully saturated rings. The van der Waals surface area contributed by atoms with Crippen molar-refractivity contribution in [3.8, 4) is 11.1 Å². The Balaban J connectivity index is 0.00000433. The Morgan fingerprint density at radius 3 is 2.06 bits per heavy atom. The van der Waals surface area contributed by atoms with Crippen molar-refractivity contribution in [2.75, 3.05) is 50.0 Å². The number of para-hydroxylation sites is 2. The molecule has 1 saturated heterocycles. The maximum absolute atomic E-state index is 15.9. The molecule has 4 aromatic rings. The van der Waals surface area contributed by atoms with Crippen molar-refractivity contribution in [1.82, 2.24) is 9.80 Å². The lowest BCUT2D eigenvalue weighted by molar-refractivity contribution is -0.127. The summed E-state index contributed by atoms with van der Waals surface area (Å²) >= 11 is 0. The molecule has 2 aliphatic rings. The fourth-order valence-electron chi connectivity index (χ4n) is 5.98. The van der Waals surface area contributed by atoms with E-state index in [2.05, 4.69) is 10.2 Å². The van der Waals surface area contributed by atoms with E-state index in [1.54, 1.807) is 65.6 Å². The van der Waals surface area contributed by atoms with E-state index in [4.69, 9.17) is 0 Å². The summed E-state index contributed by atoms with van der Waals surface area (Å²) in [5.41, 5.74) is 2.10. The second-order valence-electron chi connectivity index (χ2n) is 11.5. The number of carbonyl (C=O) groups is 3. The highest BCUT2D eigenvalue weighted by molar-refractivity contribution is 6.17. The first-order valence-electron chi connectivity index (χ1n) is 15.3. The number of likely N-dealkylation sites (N-methyl/N-ethyl adjacent to an activating group) is 1. The van der Waals surface area contributed by atoms with Crippen LogP contribution in [0.4, 0.5) is 20.2 Å². The molecule has 0 saturated carbocycles. The number of halogens is 3. The molecule has 47 heavy (non-hydrogen) atoms. The minimum Gasteiger partial charge on any atom is -0.337 e. The monoisotopic (exact) mass is 656 g/mol. The van der Waals surface area contributed by atoms with Crippen LogP contribution < -0.4 is 10.2 Å². The van der Waals surface area contributed by atoms with Gasteiger partial charge in [-0.15, -0.1) is 12.4 Å². The van der Waals surface area contributed by atoms with Crippen molar-refractivity contribution in [2.45, 2.75) is 12.3 Å². The van der Waals surface area contributed by atoms with Crippen molar-refractivity contribution in [3.05, 3.63) is 126 Å². The SMILES string of the molecule is CN1CCN(C(=O)C=C2c3ccccc3N(C(=O)c3cccc(C(=O)Nc4ccccc4)c3-c3ccccc3)CCC2(F)F)CC1.Cl. The molecule has 3 amide bonds. The first kappa shape index (κ1) is 33.5. The van der Waals surface area contributed by atoms with Crippen molar-refractivity contribution in [1.29, 1.82) is 0 Å². The maximum atomic E-state index is 15.9. The number of rotatable bonds is 5. The number of allylic oxidation sites excluding steroid dienone is 1. The van der Waals surface area contributed by atoms with Crippen LogP contribution in [0.3, 0.4) is 0 Å². The fraction of sp³-hybridized carbons (Fsp3) is 0.216. The number of hydrogen-bond acceptors (Lipinski definition) is 4. The molecule has 2 heterocycles. The van der Waals surface area contributed by atoms with Gasteiger partial charge in [0.25, 0.3) is 17.7 Å². The molecule has 0 radical (unpaired) electrons. The Labute approximate surface area is 278 Å². The van der Waals surface area contributed by atoms with E-state index >= 15 is 8.78 Å². The number of hydrogen-bond donors (Lipinski definition) is 1. The normalized spacial score (nSPS) is 16.9. The summed E-state index contributed by atoms with van der Waals surface area (Å²) in [6, 6.07) is 29.4. The van der Waals surface area contributed by atoms with Crippen molar-refractivity contribution < 1.29 is 23.2 Å². The van der Waals surface area contributed by atoms with Crippen LogP contribution in [0.2, 0.25) is 0 Å². The summed E-state index contributed by atoms with van der Waals surface area (Å²) in [7, 11) is 1.95. The molecular weight excluding hydrogens is 622 g/mol. The van der Waals surface area contributed by atoms with Crippen LogP contribution in [-0.2, 0) is 4.79 Å². The highest BCUT2D eigenvalue weighted by Crippen LogP contribution is 2.44. The van der Waals surface area contributed by atoms with Gasteiger partial charge in [0.1, 0.15) is 0 Å². The number of nitrogens with zero attached hydrogens (tertiary/aromatic N) is 3. The molecule has 7 nitrogen and oxygen atoms in total. The van der Waals surface area contributed by atoms with Crippen molar-refractivity contribution in [3.63, 3.8) is 0 Å². The van der Waals surface area contributed by atoms with Crippen LogP contribution in [0.1, 0.15) is 32.7 Å². The number of alkyl halides is 2. The van der Waals surface area contributed by atoms with Gasteiger partial charge in [-0.05, 0) is 42.9 Å². The molecule has 0 atom stereocenters. The molecule has 10 heteroatoms. The summed E-state index contributed by atoms with van der Waals surface area (Å²) in [4.78, 5) is 46.4. The van der Waals surface area contributed by atoms with E-state index in [1.165, 1.54) is 11.0 Å². The van der Waals surface area contributed by atoms with E-state index < -0.39 is 35.6 Å². The van der Waals surface area contributed by atoms with Gasteiger partial charge in [0.05, 0.1) is 5.69 Å². The van der Waals surface area contributed by atoms with Crippen LogP contribution in [0.15, 0.2) is 109 Å². The first-order valence-corrected chi connectivity index (χ1v) is 15.3. The molecule has 0 spiro atoms. The quantitative estimate of drug-likeness (QED) is 0.238. The molecular formula is C37H35ClF2N4O3. The molecule has 242 valence electrons. The first-order chi connectivity index (χ1) is 22.2. The van der Waals surface area contributed by atoms with Crippen molar-refractivity contribution >= 4 is 47.1 Å². The Hall–Kier alpha value is -4.86. The number of benzene rings is 4. The third kappa shape index (κ3) is 7.11. The van der Waals surface area contributed by atoms with E-state index in [-0.39, 0.29) is 41.3 Å². The van der Waals surface area contributed by atoms with Gasteiger partial charge < -0.3 is 20.0 Å². The van der Waals surface area contributed by atoms with Gasteiger partial charge in [0, 0.05) is 78.7 Å². The minimum atomic E-state index is -3.37. The number of amides is 3. The van der Waals surface area contributed by atoms with E-state index in [0.29, 0.717) is 43.0 Å². The van der Waals surface area contributed by atoms with E-state index in [9.17, 15) is 14.4 Å². The number of carbonyl (C=O) groups excluding carboxylic acids is 3. The Kier molecular flexibility index (Phi) is 10.2. The van der Waals surface area contributed by atoms with Gasteiger partial charge in [0.2, 0.25) is 5.91 Å². The van der Waals surface area contributed by atoms with Gasteiger partial charge in [-0.25, -0.2) is 8.78 Å². The lowest BCUT2D eigenvalue weighted by atomic mass is 9.92. The van der Waals surface area contributed by atoms with Crippen molar-refractivity contribution in [2.24, 2.45) is 0 Å². The molecule has 0 aliphatic carbocycles. The topological polar surface area (TPSA) is 73.0 Å². The Morgan fingerprint density at radius 2 is 1.36 bits per heavy atom. The highest BCUT2D eigenvalue weighted by atomic mass is 35.5. The highest BCUT2D eigenvalue weighted by Gasteiger charge is 2.42. The zero-order valence-electron chi connectivity index (χ0n) is 25.9. The number of anilines is 2. The second kappa shape index (κ2) is 14.3. The largest absolute Gasteiger partial charge is 0.337 e. The molecule has 1 N–H and O–H groups in total. The van der Waals surface area contributed by atoms with Crippen LogP contribution in [0.5, 0.6) is 0 Å². The van der Waals surface area contributed by atoms with E-state index in [0.717, 1.165) is 6.08 Å². The third-order valence-corrected chi connectivity index (χ3v) is 8.49. The molecule has 0 unspecified atom stereocenters. The van der Waals surface area contributed by atoms with E-state index in [1.807, 2.05) is 43.4 Å². The molecule has 6 rings (SSSR count). The minimum absolute atomic E-state index is 0. The summed E-state index contributed by atoms with van der Waals surface area (Å²) in [6.07, 6.45) is 0.367. The Bertz CT molecular complexity index is 1790. The summed E-state index contributed by atoms with van der Waals surface area (Å²) in [5, 5.41) is 2.89. The second-order valence-corrected chi connectivity index (χ2v) is 11.5. The number of nitrogens with one attached hydrogen (secondary N) is 1. The maximum Gasteiger partial charge on any atom is 0.275 e. The summed E-state index contributed by atoms with van der Waals surface area (Å²) < 4.78 is 31.8. The lowest BCUT2D eigenvalue weighted by Gasteiger charge is -2.32. The van der Waals surface area contributed by atoms with Gasteiger partial charge in [0.15, 0.2) is 0 Å². The zero-order valence-corrected chi connectivity index (χ0v) is 26.7. The standard InChI is InChI=1S/C37H34F2N4O3.ClH/c1-41-21-23-42(24-22-41)33(44)25-31-28-15-8-9-18-32(28)43(20-19-37(31,38)39)36(46)30-17-10-16-29(34(30)26-11-4-2-5-12-26)35(45)40-27-13-6-3-7-14-27;/h2-18,25H,19-24H2,1H3,(H,40,45);1H. The fourth-order valence-corrected chi connectivity index (χ4v) is 5.98. The van der Waals surface area contributed by atoms with Gasteiger partial charge >= 0.3 is 0 Å². The van der Waals surface area contributed by atoms with Crippen LogP contribution in [0, 0.1) is 0 Å².